The lowest BCUT2D eigenvalue weighted by atomic mass is 10.0. The van der Waals surface area contributed by atoms with Gasteiger partial charge in [0.25, 0.3) is 0 Å². The molecule has 0 aromatic heterocycles. The lowest BCUT2D eigenvalue weighted by Crippen LogP contribution is -2.09. The highest BCUT2D eigenvalue weighted by molar-refractivity contribution is 5.67. The van der Waals surface area contributed by atoms with Crippen molar-refractivity contribution < 1.29 is 4.74 Å². The third kappa shape index (κ3) is 2.72. The number of benzene rings is 2. The lowest BCUT2D eigenvalue weighted by Gasteiger charge is -2.18. The first-order chi connectivity index (χ1) is 9.72. The van der Waals surface area contributed by atoms with E-state index in [4.69, 9.17) is 10.5 Å². The second-order valence-electron chi connectivity index (χ2n) is 5.34. The Hall–Kier alpha value is -2.16. The van der Waals surface area contributed by atoms with E-state index in [0.717, 1.165) is 43.1 Å². The third-order valence-corrected chi connectivity index (χ3v) is 3.66. The fourth-order valence-corrected chi connectivity index (χ4v) is 2.54. The molecule has 0 radical (unpaired) electrons. The van der Waals surface area contributed by atoms with Gasteiger partial charge < -0.3 is 15.8 Å². The summed E-state index contributed by atoms with van der Waals surface area (Å²) in [6, 6.07) is 12.5. The number of fused-ring (bicyclic) bond motifs is 1. The first-order valence-electron chi connectivity index (χ1n) is 7.07. The summed E-state index contributed by atoms with van der Waals surface area (Å²) in [5, 5.41) is 3.41. The number of ether oxygens (including phenoxy) is 1. The standard InChI is InChI=1S/C17H20N2O/c1-12-4-6-15(18)16(9-12)19-11-13-5-7-17-14(10-13)3-2-8-20-17/h4-7,9-10,19H,2-3,8,11,18H2,1H3. The highest BCUT2D eigenvalue weighted by atomic mass is 16.5. The molecule has 0 unspecified atom stereocenters. The number of nitrogen functional groups attached to an aromatic ring is 1. The molecule has 3 rings (SSSR count). The van der Waals surface area contributed by atoms with Gasteiger partial charge in [-0.25, -0.2) is 0 Å². The van der Waals surface area contributed by atoms with Crippen LogP contribution in [-0.4, -0.2) is 6.61 Å². The minimum atomic E-state index is 0.779. The zero-order valence-electron chi connectivity index (χ0n) is 11.8. The molecule has 0 saturated heterocycles. The highest BCUT2D eigenvalue weighted by Gasteiger charge is 2.10. The van der Waals surface area contributed by atoms with E-state index in [9.17, 15) is 0 Å². The zero-order chi connectivity index (χ0) is 13.9. The average Bonchev–Trinajstić information content (AvgIpc) is 2.48. The molecule has 0 atom stereocenters. The maximum absolute atomic E-state index is 5.98. The number of anilines is 2. The van der Waals surface area contributed by atoms with E-state index < -0.39 is 0 Å². The van der Waals surface area contributed by atoms with Crippen molar-refractivity contribution >= 4 is 11.4 Å². The Kier molecular flexibility index (Phi) is 3.50. The van der Waals surface area contributed by atoms with Gasteiger partial charge >= 0.3 is 0 Å². The van der Waals surface area contributed by atoms with Crippen molar-refractivity contribution in [3.05, 3.63) is 53.1 Å². The van der Waals surface area contributed by atoms with Gasteiger partial charge in [-0.2, -0.15) is 0 Å². The molecule has 2 aromatic rings. The second-order valence-corrected chi connectivity index (χ2v) is 5.34. The zero-order valence-corrected chi connectivity index (χ0v) is 11.8. The first kappa shape index (κ1) is 12.9. The quantitative estimate of drug-likeness (QED) is 0.837. The Balaban J connectivity index is 1.73. The summed E-state index contributed by atoms with van der Waals surface area (Å²) in [6.45, 7) is 3.69. The summed E-state index contributed by atoms with van der Waals surface area (Å²) in [5.41, 5.74) is 11.6. The molecule has 20 heavy (non-hydrogen) atoms. The Bertz CT molecular complexity index is 622. The average molecular weight is 268 g/mol. The third-order valence-electron chi connectivity index (χ3n) is 3.66. The van der Waals surface area contributed by atoms with Crippen LogP contribution >= 0.6 is 0 Å². The molecule has 0 bridgehead atoms. The van der Waals surface area contributed by atoms with E-state index in [1.54, 1.807) is 0 Å². The van der Waals surface area contributed by atoms with E-state index >= 15 is 0 Å². The summed E-state index contributed by atoms with van der Waals surface area (Å²) in [5.74, 6) is 1.04. The van der Waals surface area contributed by atoms with Gasteiger partial charge in [-0.1, -0.05) is 18.2 Å². The SMILES string of the molecule is Cc1ccc(N)c(NCc2ccc3c(c2)CCCO3)c1. The largest absolute Gasteiger partial charge is 0.493 e. The number of hydrogen-bond donors (Lipinski definition) is 2. The minimum Gasteiger partial charge on any atom is -0.493 e. The molecule has 3 nitrogen and oxygen atoms in total. The molecule has 1 heterocycles. The van der Waals surface area contributed by atoms with Crippen molar-refractivity contribution in [1.29, 1.82) is 0 Å². The monoisotopic (exact) mass is 268 g/mol. The Morgan fingerprint density at radius 2 is 2.10 bits per heavy atom. The summed E-state index contributed by atoms with van der Waals surface area (Å²) in [6.07, 6.45) is 2.21. The summed E-state index contributed by atoms with van der Waals surface area (Å²) in [4.78, 5) is 0. The van der Waals surface area contributed by atoms with E-state index in [1.165, 1.54) is 16.7 Å². The molecule has 1 aliphatic rings. The molecule has 0 saturated carbocycles. The maximum atomic E-state index is 5.98. The Labute approximate surface area is 119 Å². The maximum Gasteiger partial charge on any atom is 0.122 e. The van der Waals surface area contributed by atoms with Gasteiger partial charge in [-0.3, -0.25) is 0 Å². The van der Waals surface area contributed by atoms with Crippen molar-refractivity contribution in [2.45, 2.75) is 26.3 Å². The smallest absolute Gasteiger partial charge is 0.122 e. The van der Waals surface area contributed by atoms with Crippen LogP contribution in [0.4, 0.5) is 11.4 Å². The van der Waals surface area contributed by atoms with Crippen molar-refractivity contribution in [3.63, 3.8) is 0 Å². The molecule has 3 N–H and O–H groups in total. The van der Waals surface area contributed by atoms with Crippen LogP contribution in [0.5, 0.6) is 5.75 Å². The molecule has 2 aromatic carbocycles. The van der Waals surface area contributed by atoms with Crippen LogP contribution in [0, 0.1) is 6.92 Å². The fraction of sp³-hybridized carbons (Fsp3) is 0.294. The molecule has 0 fully saturated rings. The summed E-state index contributed by atoms with van der Waals surface area (Å²) in [7, 11) is 0. The molecular weight excluding hydrogens is 248 g/mol. The number of nitrogens with one attached hydrogen (secondary N) is 1. The van der Waals surface area contributed by atoms with Gasteiger partial charge in [-0.15, -0.1) is 0 Å². The number of hydrogen-bond acceptors (Lipinski definition) is 3. The lowest BCUT2D eigenvalue weighted by molar-refractivity contribution is 0.288. The Morgan fingerprint density at radius 3 is 3.00 bits per heavy atom. The number of nitrogens with two attached hydrogens (primary N) is 1. The Morgan fingerprint density at radius 1 is 1.20 bits per heavy atom. The topological polar surface area (TPSA) is 47.3 Å². The first-order valence-corrected chi connectivity index (χ1v) is 7.07. The molecule has 0 spiro atoms. The molecule has 3 heteroatoms. The summed E-state index contributed by atoms with van der Waals surface area (Å²) >= 11 is 0. The molecule has 0 amide bonds. The van der Waals surface area contributed by atoms with Crippen LogP contribution in [0.1, 0.15) is 23.1 Å². The van der Waals surface area contributed by atoms with Crippen molar-refractivity contribution in [2.75, 3.05) is 17.7 Å². The predicted octanol–water partition coefficient (Wildman–Crippen LogP) is 3.51. The highest BCUT2D eigenvalue weighted by Crippen LogP contribution is 2.26. The summed E-state index contributed by atoms with van der Waals surface area (Å²) < 4.78 is 5.64. The van der Waals surface area contributed by atoms with Crippen LogP contribution in [0.3, 0.4) is 0 Å². The van der Waals surface area contributed by atoms with Gasteiger partial charge in [-0.05, 0) is 54.7 Å². The van der Waals surface area contributed by atoms with Crippen molar-refractivity contribution in [2.24, 2.45) is 0 Å². The molecule has 1 aliphatic heterocycles. The van der Waals surface area contributed by atoms with Crippen LogP contribution in [-0.2, 0) is 13.0 Å². The second kappa shape index (κ2) is 5.45. The molecular formula is C17H20N2O. The van der Waals surface area contributed by atoms with Crippen LogP contribution in [0.15, 0.2) is 36.4 Å². The molecule has 104 valence electrons. The molecule has 0 aliphatic carbocycles. The van der Waals surface area contributed by atoms with Crippen molar-refractivity contribution in [3.8, 4) is 5.75 Å². The predicted molar refractivity (Wildman–Crippen MR) is 83.2 cm³/mol. The van der Waals surface area contributed by atoms with Gasteiger partial charge in [0.1, 0.15) is 5.75 Å². The minimum absolute atomic E-state index is 0.779. The van der Waals surface area contributed by atoms with E-state index in [0.29, 0.717) is 0 Å². The normalized spacial score (nSPS) is 13.4. The number of aryl methyl sites for hydroxylation is 2. The number of rotatable bonds is 3. The fourth-order valence-electron chi connectivity index (χ4n) is 2.54. The van der Waals surface area contributed by atoms with Crippen LogP contribution in [0.25, 0.3) is 0 Å². The van der Waals surface area contributed by atoms with Gasteiger partial charge in [0.15, 0.2) is 0 Å². The van der Waals surface area contributed by atoms with E-state index in [-0.39, 0.29) is 0 Å². The van der Waals surface area contributed by atoms with Crippen LogP contribution in [0.2, 0.25) is 0 Å². The van der Waals surface area contributed by atoms with E-state index in [1.807, 2.05) is 12.1 Å². The van der Waals surface area contributed by atoms with Gasteiger partial charge in [0.05, 0.1) is 18.0 Å². The van der Waals surface area contributed by atoms with Crippen LogP contribution < -0.4 is 15.8 Å². The van der Waals surface area contributed by atoms with Gasteiger partial charge in [0, 0.05) is 6.54 Å². The van der Waals surface area contributed by atoms with E-state index in [2.05, 4.69) is 36.5 Å². The van der Waals surface area contributed by atoms with Gasteiger partial charge in [0.2, 0.25) is 0 Å². The van der Waals surface area contributed by atoms with Crippen molar-refractivity contribution in [1.82, 2.24) is 0 Å².